The molecule has 0 bridgehead atoms. The van der Waals surface area contributed by atoms with Crippen molar-refractivity contribution >= 4 is 52.0 Å². The second kappa shape index (κ2) is 11.2. The van der Waals surface area contributed by atoms with E-state index in [0.717, 1.165) is 33.7 Å². The zero-order chi connectivity index (χ0) is 25.8. The van der Waals surface area contributed by atoms with E-state index in [1.54, 1.807) is 0 Å². The first-order valence-corrected chi connectivity index (χ1v) is 12.7. The molecule has 4 aromatic rings. The van der Waals surface area contributed by atoms with E-state index in [1.165, 1.54) is 31.2 Å². The maximum Gasteiger partial charge on any atom is 0.253 e. The topological polar surface area (TPSA) is 98.2 Å². The molecule has 0 aliphatic carbocycles. The van der Waals surface area contributed by atoms with Crippen LogP contribution in [0, 0.1) is 11.6 Å². The van der Waals surface area contributed by atoms with Crippen LogP contribution in [-0.4, -0.2) is 23.4 Å². The third-order valence-electron chi connectivity index (χ3n) is 5.29. The quantitative estimate of drug-likeness (QED) is 0.294. The average molecular weight is 548 g/mol. The molecule has 1 aromatic heterocycles. The van der Waals surface area contributed by atoms with Crippen molar-refractivity contribution in [2.24, 2.45) is 0 Å². The number of carbonyl (C=O) groups excluding carboxylic acids is 1. The summed E-state index contributed by atoms with van der Waals surface area (Å²) in [6, 6.07) is 15.6. The number of nitrogens with one attached hydrogen (secondary N) is 1. The van der Waals surface area contributed by atoms with Crippen LogP contribution in [-0.2, 0) is 17.7 Å². The average Bonchev–Trinajstić information content (AvgIpc) is 3.27. The first-order valence-electron chi connectivity index (χ1n) is 10.5. The normalized spacial score (nSPS) is 12.7. The van der Waals surface area contributed by atoms with Crippen LogP contribution in [0.3, 0.4) is 0 Å². The molecule has 12 heteroatoms. The Morgan fingerprint density at radius 1 is 1.14 bits per heavy atom. The van der Waals surface area contributed by atoms with Gasteiger partial charge in [-0.25, -0.2) is 8.78 Å². The standard InChI is InChI=1S/C24H19ClF2N4O3S2/c1-14(18-10-8-17(26)13-20(18)27)28-24(32)19-9-7-16(25)12-22(19)31(36(33)34)23-21(29-35-30-23)11-15-5-3-2-4-6-15/h2-10,12-14H,11H2,1H3,(H,28,32)(H,33,34)/p-1. The molecule has 0 aliphatic heterocycles. The molecular weight excluding hydrogens is 530 g/mol. The Morgan fingerprint density at radius 3 is 2.58 bits per heavy atom. The van der Waals surface area contributed by atoms with Crippen LogP contribution < -0.4 is 9.62 Å². The van der Waals surface area contributed by atoms with E-state index < -0.39 is 34.8 Å². The van der Waals surface area contributed by atoms with Crippen LogP contribution in [0.25, 0.3) is 0 Å². The zero-order valence-electron chi connectivity index (χ0n) is 18.7. The molecule has 36 heavy (non-hydrogen) atoms. The van der Waals surface area contributed by atoms with Gasteiger partial charge in [-0.2, -0.15) is 8.75 Å². The third kappa shape index (κ3) is 5.76. The van der Waals surface area contributed by atoms with Crippen molar-refractivity contribution in [3.8, 4) is 0 Å². The van der Waals surface area contributed by atoms with Gasteiger partial charge in [0.05, 0.1) is 40.3 Å². The summed E-state index contributed by atoms with van der Waals surface area (Å²) in [4.78, 5) is 13.2. The van der Waals surface area contributed by atoms with Gasteiger partial charge in [0.2, 0.25) is 0 Å². The molecule has 186 valence electrons. The highest BCUT2D eigenvalue weighted by Crippen LogP contribution is 2.34. The number of halogens is 3. The van der Waals surface area contributed by atoms with Crippen LogP contribution in [0.4, 0.5) is 20.3 Å². The molecule has 0 saturated heterocycles. The maximum atomic E-state index is 14.2. The van der Waals surface area contributed by atoms with Crippen molar-refractivity contribution in [1.29, 1.82) is 0 Å². The molecule has 2 unspecified atom stereocenters. The molecule has 7 nitrogen and oxygen atoms in total. The lowest BCUT2D eigenvalue weighted by molar-refractivity contribution is 0.0940. The molecule has 0 aliphatic rings. The summed E-state index contributed by atoms with van der Waals surface area (Å²) in [7, 11) is 0. The Morgan fingerprint density at radius 2 is 1.89 bits per heavy atom. The van der Waals surface area contributed by atoms with Gasteiger partial charge < -0.3 is 9.87 Å². The van der Waals surface area contributed by atoms with Crippen molar-refractivity contribution in [2.75, 3.05) is 4.31 Å². The van der Waals surface area contributed by atoms with Gasteiger partial charge >= 0.3 is 0 Å². The van der Waals surface area contributed by atoms with E-state index in [0.29, 0.717) is 12.1 Å². The molecule has 0 radical (unpaired) electrons. The monoisotopic (exact) mass is 547 g/mol. The summed E-state index contributed by atoms with van der Waals surface area (Å²) < 4.78 is 61.6. The van der Waals surface area contributed by atoms with E-state index in [4.69, 9.17) is 11.6 Å². The number of nitrogens with zero attached hydrogens (tertiary/aromatic N) is 3. The summed E-state index contributed by atoms with van der Waals surface area (Å²) in [5.74, 6) is -2.22. The van der Waals surface area contributed by atoms with Crippen molar-refractivity contribution < 1.29 is 22.3 Å². The molecule has 1 heterocycles. The highest BCUT2D eigenvalue weighted by Gasteiger charge is 2.26. The minimum atomic E-state index is -2.89. The van der Waals surface area contributed by atoms with Gasteiger partial charge in [0.1, 0.15) is 17.3 Å². The number of rotatable bonds is 8. The third-order valence-corrected chi connectivity index (χ3v) is 6.75. The highest BCUT2D eigenvalue weighted by molar-refractivity contribution is 7.81. The summed E-state index contributed by atoms with van der Waals surface area (Å²) in [6.45, 7) is 1.52. The Hall–Kier alpha value is -3.25. The Balaban J connectivity index is 1.70. The fourth-order valence-corrected chi connectivity index (χ4v) is 4.96. The highest BCUT2D eigenvalue weighted by atomic mass is 35.5. The number of carbonyl (C=O) groups is 1. The molecule has 1 amide bonds. The predicted molar refractivity (Wildman–Crippen MR) is 134 cm³/mol. The minimum absolute atomic E-state index is 0.0335. The second-order valence-corrected chi connectivity index (χ2v) is 9.50. The van der Waals surface area contributed by atoms with Crippen molar-refractivity contribution in [1.82, 2.24) is 14.1 Å². The number of amides is 1. The van der Waals surface area contributed by atoms with Crippen molar-refractivity contribution in [3.63, 3.8) is 0 Å². The van der Waals surface area contributed by atoms with E-state index in [9.17, 15) is 22.3 Å². The van der Waals surface area contributed by atoms with E-state index in [2.05, 4.69) is 14.1 Å². The summed E-state index contributed by atoms with van der Waals surface area (Å²) in [6.07, 6.45) is 0.309. The number of hydrogen-bond acceptors (Lipinski definition) is 6. The van der Waals surface area contributed by atoms with Crippen LogP contribution in [0.2, 0.25) is 5.02 Å². The Labute approximate surface area is 217 Å². The second-order valence-electron chi connectivity index (χ2n) is 7.73. The van der Waals surface area contributed by atoms with Gasteiger partial charge in [0, 0.05) is 23.1 Å². The van der Waals surface area contributed by atoms with Crippen LogP contribution in [0.15, 0.2) is 66.7 Å². The summed E-state index contributed by atoms with van der Waals surface area (Å²) >= 11 is 4.10. The van der Waals surface area contributed by atoms with Gasteiger partial charge in [-0.15, -0.1) is 0 Å². The molecule has 2 atom stereocenters. The van der Waals surface area contributed by atoms with Crippen LogP contribution >= 0.6 is 23.3 Å². The van der Waals surface area contributed by atoms with Gasteiger partial charge in [-0.3, -0.25) is 13.3 Å². The lowest BCUT2D eigenvalue weighted by Gasteiger charge is -2.27. The SMILES string of the molecule is CC(NC(=O)c1ccc(Cl)cc1N(c1nsnc1Cc1ccccc1)S(=O)[O-])c1ccc(F)cc1F. The van der Waals surface area contributed by atoms with E-state index in [1.807, 2.05) is 30.3 Å². The fraction of sp³-hybridized carbons (Fsp3) is 0.125. The Kier molecular flexibility index (Phi) is 8.04. The Bertz CT molecular complexity index is 1420. The molecule has 1 N–H and O–H groups in total. The van der Waals surface area contributed by atoms with E-state index >= 15 is 0 Å². The molecular formula is C24H18ClF2N4O3S2-. The largest absolute Gasteiger partial charge is 0.755 e. The summed E-state index contributed by atoms with van der Waals surface area (Å²) in [5, 5.41) is 2.80. The summed E-state index contributed by atoms with van der Waals surface area (Å²) in [5.41, 5.74) is 1.25. The lowest BCUT2D eigenvalue weighted by Crippen LogP contribution is -2.30. The number of aromatic nitrogens is 2. The first-order chi connectivity index (χ1) is 17.2. The maximum absolute atomic E-state index is 14.2. The van der Waals surface area contributed by atoms with Crippen molar-refractivity contribution in [3.05, 3.63) is 106 Å². The smallest absolute Gasteiger partial charge is 0.253 e. The molecule has 3 aromatic carbocycles. The molecule has 4 rings (SSSR count). The lowest BCUT2D eigenvalue weighted by atomic mass is 10.1. The minimum Gasteiger partial charge on any atom is -0.755 e. The van der Waals surface area contributed by atoms with Crippen LogP contribution in [0.5, 0.6) is 0 Å². The molecule has 0 saturated carbocycles. The zero-order valence-corrected chi connectivity index (χ0v) is 21.0. The van der Waals surface area contributed by atoms with Gasteiger partial charge in [-0.1, -0.05) is 48.0 Å². The first kappa shape index (κ1) is 25.8. The van der Waals surface area contributed by atoms with Gasteiger partial charge in [0.15, 0.2) is 5.82 Å². The molecule has 0 spiro atoms. The predicted octanol–water partition coefficient (Wildman–Crippen LogP) is 5.48. The number of hydrogen-bond donors (Lipinski definition) is 1. The molecule has 0 fully saturated rings. The van der Waals surface area contributed by atoms with Gasteiger partial charge in [-0.05, 0) is 36.8 Å². The number of benzene rings is 3. The fourth-order valence-electron chi connectivity index (χ4n) is 3.59. The van der Waals surface area contributed by atoms with Crippen molar-refractivity contribution in [2.45, 2.75) is 19.4 Å². The van der Waals surface area contributed by atoms with E-state index in [-0.39, 0.29) is 27.7 Å². The number of anilines is 2. The van der Waals surface area contributed by atoms with Crippen LogP contribution in [0.1, 0.15) is 40.1 Å². The van der Waals surface area contributed by atoms with Gasteiger partial charge in [0.25, 0.3) is 5.91 Å².